The number of hydrogen-bond acceptors (Lipinski definition) is 3. The molecule has 0 aromatic heterocycles. The molecule has 4 aliphatic carbocycles. The van der Waals surface area contributed by atoms with Crippen LogP contribution in [0.5, 0.6) is 5.75 Å². The molecule has 0 heterocycles. The topological polar surface area (TPSA) is 50.4 Å². The Balaban J connectivity index is 1.34. The Morgan fingerprint density at radius 3 is 2.48 bits per heavy atom. The highest BCUT2D eigenvalue weighted by Gasteiger charge is 2.54. The van der Waals surface area contributed by atoms with Crippen LogP contribution in [-0.4, -0.2) is 17.6 Å². The first-order chi connectivity index (χ1) is 13.1. The zero-order valence-electron chi connectivity index (χ0n) is 16.1. The van der Waals surface area contributed by atoms with Crippen LogP contribution in [0.3, 0.4) is 0 Å². The first-order valence-electron chi connectivity index (χ1n) is 10.4. The Bertz CT molecular complexity index is 683. The van der Waals surface area contributed by atoms with Crippen LogP contribution >= 0.6 is 12.2 Å². The fraction of sp³-hybridized carbons (Fsp3) is 0.636. The van der Waals surface area contributed by atoms with Gasteiger partial charge in [0.2, 0.25) is 5.91 Å². The van der Waals surface area contributed by atoms with E-state index in [4.69, 9.17) is 17.0 Å². The number of thiocarbonyl (C=S) groups is 1. The number of nitrogens with one attached hydrogen (secondary N) is 2. The number of rotatable bonds is 6. The third-order valence-electron chi connectivity index (χ3n) is 6.61. The first kappa shape index (κ1) is 18.7. The highest BCUT2D eigenvalue weighted by atomic mass is 32.1. The standard InChI is InChI=1S/C22H30N2O2S/c1-2-3-7-26-19-6-4-5-18(11-19)23-21(27)24-20(25)22-12-15-8-16(13-22)10-17(9-15)14-22/h4-6,11,15-17H,2-3,7-10,12-14H2,1H3,(H2,23,24,25,27). The number of amides is 1. The molecule has 1 aromatic carbocycles. The molecule has 0 saturated heterocycles. The largest absolute Gasteiger partial charge is 0.494 e. The van der Waals surface area contributed by atoms with Crippen molar-refractivity contribution in [3.8, 4) is 5.75 Å². The van der Waals surface area contributed by atoms with Gasteiger partial charge < -0.3 is 15.4 Å². The molecule has 1 aromatic rings. The normalized spacial score (nSPS) is 30.8. The lowest BCUT2D eigenvalue weighted by molar-refractivity contribution is -0.144. The van der Waals surface area contributed by atoms with E-state index < -0.39 is 0 Å². The zero-order valence-corrected chi connectivity index (χ0v) is 16.9. The van der Waals surface area contributed by atoms with Crippen molar-refractivity contribution in [3.05, 3.63) is 24.3 Å². The second-order valence-corrected chi connectivity index (χ2v) is 9.24. The van der Waals surface area contributed by atoms with Gasteiger partial charge in [-0.15, -0.1) is 0 Å². The number of unbranched alkanes of at least 4 members (excludes halogenated alkanes) is 1. The maximum atomic E-state index is 13.1. The van der Waals surface area contributed by atoms with Crippen molar-refractivity contribution in [3.63, 3.8) is 0 Å². The summed E-state index contributed by atoms with van der Waals surface area (Å²) in [7, 11) is 0. The van der Waals surface area contributed by atoms with Gasteiger partial charge in [0.25, 0.3) is 0 Å². The minimum Gasteiger partial charge on any atom is -0.494 e. The van der Waals surface area contributed by atoms with Crippen LogP contribution in [0.1, 0.15) is 58.3 Å². The Morgan fingerprint density at radius 2 is 1.85 bits per heavy atom. The minimum absolute atomic E-state index is 0.134. The molecule has 4 fully saturated rings. The summed E-state index contributed by atoms with van der Waals surface area (Å²) in [6.07, 6.45) is 9.30. The first-order valence-corrected chi connectivity index (χ1v) is 10.8. The number of benzene rings is 1. The van der Waals surface area contributed by atoms with E-state index in [0.29, 0.717) is 11.7 Å². The Morgan fingerprint density at radius 1 is 1.19 bits per heavy atom. The van der Waals surface area contributed by atoms with Gasteiger partial charge in [-0.25, -0.2) is 0 Å². The molecule has 4 saturated carbocycles. The summed E-state index contributed by atoms with van der Waals surface area (Å²) in [5.41, 5.74) is 0.672. The summed E-state index contributed by atoms with van der Waals surface area (Å²) in [4.78, 5) is 13.1. The van der Waals surface area contributed by atoms with Crippen LogP contribution in [0.25, 0.3) is 0 Å². The molecule has 0 atom stereocenters. The third kappa shape index (κ3) is 4.13. The minimum atomic E-state index is -0.175. The van der Waals surface area contributed by atoms with Crippen LogP contribution in [0.2, 0.25) is 0 Å². The molecule has 2 N–H and O–H groups in total. The Kier molecular flexibility index (Phi) is 5.40. The fourth-order valence-electron chi connectivity index (χ4n) is 5.78. The predicted molar refractivity (Wildman–Crippen MR) is 112 cm³/mol. The molecule has 0 unspecified atom stereocenters. The molecule has 4 bridgehead atoms. The van der Waals surface area contributed by atoms with Gasteiger partial charge in [0.1, 0.15) is 5.75 Å². The van der Waals surface area contributed by atoms with E-state index in [0.717, 1.165) is 61.3 Å². The summed E-state index contributed by atoms with van der Waals surface area (Å²) in [6.45, 7) is 2.86. The van der Waals surface area contributed by atoms with Crippen molar-refractivity contribution >= 4 is 28.9 Å². The van der Waals surface area contributed by atoms with Gasteiger partial charge in [0.15, 0.2) is 5.11 Å². The van der Waals surface area contributed by atoms with Gasteiger partial charge in [0, 0.05) is 11.8 Å². The maximum Gasteiger partial charge on any atom is 0.232 e. The van der Waals surface area contributed by atoms with Gasteiger partial charge >= 0.3 is 0 Å². The average molecular weight is 387 g/mol. The molecule has 146 valence electrons. The lowest BCUT2D eigenvalue weighted by atomic mass is 9.49. The van der Waals surface area contributed by atoms with Gasteiger partial charge in [-0.1, -0.05) is 19.4 Å². The summed E-state index contributed by atoms with van der Waals surface area (Å²) in [5.74, 6) is 3.21. The van der Waals surface area contributed by atoms with Crippen molar-refractivity contribution in [1.82, 2.24) is 5.32 Å². The van der Waals surface area contributed by atoms with Crippen molar-refractivity contribution in [2.24, 2.45) is 23.2 Å². The van der Waals surface area contributed by atoms with E-state index in [2.05, 4.69) is 17.6 Å². The molecule has 0 spiro atoms. The highest BCUT2D eigenvalue weighted by Crippen LogP contribution is 2.60. The Hall–Kier alpha value is -1.62. The molecule has 0 aliphatic heterocycles. The van der Waals surface area contributed by atoms with E-state index in [9.17, 15) is 4.79 Å². The van der Waals surface area contributed by atoms with E-state index >= 15 is 0 Å². The van der Waals surface area contributed by atoms with Crippen molar-refractivity contribution in [2.75, 3.05) is 11.9 Å². The molecule has 0 radical (unpaired) electrons. The van der Waals surface area contributed by atoms with E-state index in [1.807, 2.05) is 24.3 Å². The summed E-state index contributed by atoms with van der Waals surface area (Å²) < 4.78 is 5.74. The third-order valence-corrected chi connectivity index (χ3v) is 6.81. The number of carbonyl (C=O) groups is 1. The molecule has 5 rings (SSSR count). The number of anilines is 1. The predicted octanol–water partition coefficient (Wildman–Crippen LogP) is 4.89. The van der Waals surface area contributed by atoms with Crippen molar-refractivity contribution < 1.29 is 9.53 Å². The van der Waals surface area contributed by atoms with Crippen LogP contribution in [0, 0.1) is 23.2 Å². The second-order valence-electron chi connectivity index (χ2n) is 8.84. The number of hydrogen-bond donors (Lipinski definition) is 2. The molecule has 27 heavy (non-hydrogen) atoms. The Labute approximate surface area is 167 Å². The monoisotopic (exact) mass is 386 g/mol. The van der Waals surface area contributed by atoms with Gasteiger partial charge in [-0.05, 0) is 87.1 Å². The smallest absolute Gasteiger partial charge is 0.232 e. The molecular weight excluding hydrogens is 356 g/mol. The van der Waals surface area contributed by atoms with Crippen LogP contribution in [0.15, 0.2) is 24.3 Å². The van der Waals surface area contributed by atoms with Crippen molar-refractivity contribution in [2.45, 2.75) is 58.3 Å². The average Bonchev–Trinajstić information content (AvgIpc) is 2.61. The van der Waals surface area contributed by atoms with E-state index in [-0.39, 0.29) is 11.3 Å². The van der Waals surface area contributed by atoms with E-state index in [1.54, 1.807) is 0 Å². The maximum absolute atomic E-state index is 13.1. The molecule has 4 aliphatic rings. The number of ether oxygens (including phenoxy) is 1. The number of carbonyl (C=O) groups excluding carboxylic acids is 1. The quantitative estimate of drug-likeness (QED) is 0.540. The second kappa shape index (κ2) is 7.78. The van der Waals surface area contributed by atoms with Crippen molar-refractivity contribution in [1.29, 1.82) is 0 Å². The molecule has 1 amide bonds. The van der Waals surface area contributed by atoms with Crippen LogP contribution in [0.4, 0.5) is 5.69 Å². The van der Waals surface area contributed by atoms with Crippen LogP contribution in [-0.2, 0) is 4.79 Å². The fourth-order valence-corrected chi connectivity index (χ4v) is 6.00. The zero-order chi connectivity index (χ0) is 18.9. The molecular formula is C22H30N2O2S. The lowest BCUT2D eigenvalue weighted by Gasteiger charge is -2.55. The summed E-state index contributed by atoms with van der Waals surface area (Å²) >= 11 is 5.43. The SMILES string of the molecule is CCCCOc1cccc(NC(=S)NC(=O)C23CC4CC(CC(C4)C2)C3)c1. The van der Waals surface area contributed by atoms with Gasteiger partial charge in [-0.3, -0.25) is 4.79 Å². The van der Waals surface area contributed by atoms with Gasteiger partial charge in [-0.2, -0.15) is 0 Å². The van der Waals surface area contributed by atoms with E-state index in [1.165, 1.54) is 19.3 Å². The summed E-state index contributed by atoms with van der Waals surface area (Å²) in [5, 5.41) is 6.54. The van der Waals surface area contributed by atoms with Crippen LogP contribution < -0.4 is 15.4 Å². The highest BCUT2D eigenvalue weighted by molar-refractivity contribution is 7.80. The molecule has 4 nitrogen and oxygen atoms in total. The summed E-state index contributed by atoms with van der Waals surface area (Å²) in [6, 6.07) is 7.75. The van der Waals surface area contributed by atoms with Gasteiger partial charge in [0.05, 0.1) is 12.0 Å². The molecule has 5 heteroatoms. The lowest BCUT2D eigenvalue weighted by Crippen LogP contribution is -2.55.